The third kappa shape index (κ3) is 2.65. The zero-order valence-corrected chi connectivity index (χ0v) is 11.0. The molecule has 102 valence electrons. The lowest BCUT2D eigenvalue weighted by atomic mass is 9.95. The van der Waals surface area contributed by atoms with E-state index in [1.807, 2.05) is 6.07 Å². The number of hydrogen-bond acceptors (Lipinski definition) is 4. The van der Waals surface area contributed by atoms with Crippen LogP contribution in [0.4, 0.5) is 0 Å². The predicted octanol–water partition coefficient (Wildman–Crippen LogP) is 3.00. The molecule has 0 aliphatic heterocycles. The summed E-state index contributed by atoms with van der Waals surface area (Å²) in [5, 5.41) is 3.86. The van der Waals surface area contributed by atoms with E-state index in [0.717, 1.165) is 0 Å². The first kappa shape index (κ1) is 13.0. The Labute approximate surface area is 121 Å². The first-order valence-electron chi connectivity index (χ1n) is 6.42. The van der Waals surface area contributed by atoms with Crippen molar-refractivity contribution in [2.24, 2.45) is 5.16 Å². The molecule has 0 fully saturated rings. The second-order valence-electron chi connectivity index (χ2n) is 4.46. The van der Waals surface area contributed by atoms with E-state index in [1.54, 1.807) is 54.6 Å². The molecule has 0 saturated heterocycles. The van der Waals surface area contributed by atoms with E-state index in [-0.39, 0.29) is 5.78 Å². The molecule has 2 aromatic rings. The molecule has 21 heavy (non-hydrogen) atoms. The third-order valence-corrected chi connectivity index (χ3v) is 3.10. The van der Waals surface area contributed by atoms with Crippen molar-refractivity contribution in [3.8, 4) is 0 Å². The Kier molecular flexibility index (Phi) is 3.43. The zero-order valence-electron chi connectivity index (χ0n) is 11.0. The Balaban J connectivity index is 1.86. The van der Waals surface area contributed by atoms with Crippen LogP contribution in [0.5, 0.6) is 0 Å². The van der Waals surface area contributed by atoms with Crippen molar-refractivity contribution in [1.82, 2.24) is 0 Å². The van der Waals surface area contributed by atoms with Crippen molar-refractivity contribution < 1.29 is 14.4 Å². The number of allylic oxidation sites excluding steroid dienone is 2. The van der Waals surface area contributed by atoms with Crippen molar-refractivity contribution >= 4 is 17.5 Å². The van der Waals surface area contributed by atoms with E-state index in [0.29, 0.717) is 22.4 Å². The van der Waals surface area contributed by atoms with E-state index < -0.39 is 5.97 Å². The zero-order chi connectivity index (χ0) is 14.7. The van der Waals surface area contributed by atoms with Gasteiger partial charge in [0, 0.05) is 11.1 Å². The highest BCUT2D eigenvalue weighted by molar-refractivity contribution is 6.23. The van der Waals surface area contributed by atoms with Crippen molar-refractivity contribution in [1.29, 1.82) is 0 Å². The first-order valence-corrected chi connectivity index (χ1v) is 6.42. The number of carbonyl (C=O) groups is 2. The minimum Gasteiger partial charge on any atom is -0.312 e. The lowest BCUT2D eigenvalue weighted by Crippen LogP contribution is -2.13. The second-order valence-corrected chi connectivity index (χ2v) is 4.46. The van der Waals surface area contributed by atoms with Crippen molar-refractivity contribution in [2.75, 3.05) is 0 Å². The van der Waals surface area contributed by atoms with Gasteiger partial charge in [0.25, 0.3) is 0 Å². The molecular formula is C17H11NO3. The van der Waals surface area contributed by atoms with Crippen molar-refractivity contribution in [3.63, 3.8) is 0 Å². The van der Waals surface area contributed by atoms with Crippen LogP contribution in [0.15, 0.2) is 71.9 Å². The molecule has 4 nitrogen and oxygen atoms in total. The topological polar surface area (TPSA) is 55.7 Å². The summed E-state index contributed by atoms with van der Waals surface area (Å²) in [6, 6.07) is 15.7. The van der Waals surface area contributed by atoms with Gasteiger partial charge in [-0.1, -0.05) is 47.6 Å². The van der Waals surface area contributed by atoms with Gasteiger partial charge in [-0.3, -0.25) is 4.79 Å². The molecule has 0 heterocycles. The standard InChI is InChI=1S/C17H11NO3/c19-16-11-10-15(13-8-4-5-9-14(13)16)18-21-17(20)12-6-2-1-3-7-12/h1-11H/b18-15+. The van der Waals surface area contributed by atoms with Gasteiger partial charge in [0.15, 0.2) is 5.78 Å². The molecule has 4 heteroatoms. The Morgan fingerprint density at radius 2 is 1.52 bits per heavy atom. The summed E-state index contributed by atoms with van der Waals surface area (Å²) in [6.45, 7) is 0. The average molecular weight is 277 g/mol. The predicted molar refractivity (Wildman–Crippen MR) is 78.3 cm³/mol. The monoisotopic (exact) mass is 277 g/mol. The Bertz CT molecular complexity index is 761. The molecule has 0 N–H and O–H groups in total. The molecule has 0 spiro atoms. The van der Waals surface area contributed by atoms with Crippen molar-refractivity contribution in [2.45, 2.75) is 0 Å². The molecular weight excluding hydrogens is 266 g/mol. The molecule has 0 atom stereocenters. The highest BCUT2D eigenvalue weighted by atomic mass is 16.7. The van der Waals surface area contributed by atoms with Gasteiger partial charge in [-0.2, -0.15) is 0 Å². The Morgan fingerprint density at radius 1 is 0.857 bits per heavy atom. The molecule has 3 rings (SSSR count). The summed E-state index contributed by atoms with van der Waals surface area (Å²) in [7, 11) is 0. The van der Waals surface area contributed by atoms with Gasteiger partial charge in [-0.15, -0.1) is 0 Å². The normalized spacial score (nSPS) is 14.9. The number of rotatable bonds is 2. The largest absolute Gasteiger partial charge is 0.365 e. The SMILES string of the molecule is O=C(O/N=C1\C=CC(=O)c2ccccc21)c1ccccc1. The number of fused-ring (bicyclic) bond motifs is 1. The summed E-state index contributed by atoms with van der Waals surface area (Å²) in [6.07, 6.45) is 2.96. The second kappa shape index (κ2) is 5.54. The fourth-order valence-corrected chi connectivity index (χ4v) is 2.05. The molecule has 1 aliphatic carbocycles. The van der Waals surface area contributed by atoms with Gasteiger partial charge < -0.3 is 4.84 Å². The first-order chi connectivity index (χ1) is 10.3. The Hall–Kier alpha value is -3.01. The number of nitrogens with zero attached hydrogens (tertiary/aromatic N) is 1. The van der Waals surface area contributed by atoms with E-state index in [4.69, 9.17) is 4.84 Å². The summed E-state index contributed by atoms with van der Waals surface area (Å²) in [5.41, 5.74) is 2.08. The van der Waals surface area contributed by atoms with Gasteiger partial charge in [0.2, 0.25) is 0 Å². The number of ketones is 1. The summed E-state index contributed by atoms with van der Waals surface area (Å²) >= 11 is 0. The Morgan fingerprint density at radius 3 is 2.29 bits per heavy atom. The van der Waals surface area contributed by atoms with Crippen molar-refractivity contribution in [3.05, 3.63) is 83.4 Å². The molecule has 0 bridgehead atoms. The molecule has 0 radical (unpaired) electrons. The molecule has 1 aliphatic rings. The highest BCUT2D eigenvalue weighted by Gasteiger charge is 2.17. The van der Waals surface area contributed by atoms with Crippen LogP contribution in [-0.2, 0) is 4.84 Å². The molecule has 0 unspecified atom stereocenters. The third-order valence-electron chi connectivity index (χ3n) is 3.10. The summed E-state index contributed by atoms with van der Waals surface area (Å²) in [4.78, 5) is 28.5. The number of benzene rings is 2. The van der Waals surface area contributed by atoms with E-state index in [9.17, 15) is 9.59 Å². The quantitative estimate of drug-likeness (QED) is 0.626. The minimum absolute atomic E-state index is 0.0843. The van der Waals surface area contributed by atoms with Gasteiger partial charge in [-0.05, 0) is 24.3 Å². The van der Waals surface area contributed by atoms with Crippen LogP contribution in [0, 0.1) is 0 Å². The van der Waals surface area contributed by atoms with Crippen LogP contribution in [0.25, 0.3) is 0 Å². The number of oxime groups is 1. The average Bonchev–Trinajstić information content (AvgIpc) is 2.55. The van der Waals surface area contributed by atoms with E-state index in [1.165, 1.54) is 6.08 Å². The van der Waals surface area contributed by atoms with Crippen LogP contribution >= 0.6 is 0 Å². The summed E-state index contributed by atoms with van der Waals surface area (Å²) in [5.74, 6) is -0.621. The molecule has 0 amide bonds. The number of hydrogen-bond donors (Lipinski definition) is 0. The van der Waals surface area contributed by atoms with E-state index >= 15 is 0 Å². The van der Waals surface area contributed by atoms with Crippen LogP contribution in [0.2, 0.25) is 0 Å². The maximum Gasteiger partial charge on any atom is 0.365 e. The molecule has 0 aromatic heterocycles. The van der Waals surface area contributed by atoms with Gasteiger partial charge in [-0.25, -0.2) is 4.79 Å². The summed E-state index contributed by atoms with van der Waals surface area (Å²) < 4.78 is 0. The fourth-order valence-electron chi connectivity index (χ4n) is 2.05. The van der Waals surface area contributed by atoms with E-state index in [2.05, 4.69) is 5.16 Å². The highest BCUT2D eigenvalue weighted by Crippen LogP contribution is 2.17. The smallest absolute Gasteiger partial charge is 0.312 e. The lowest BCUT2D eigenvalue weighted by molar-refractivity contribution is 0.0517. The lowest BCUT2D eigenvalue weighted by Gasteiger charge is -2.10. The fraction of sp³-hybridized carbons (Fsp3) is 0. The number of carbonyl (C=O) groups excluding carboxylic acids is 2. The van der Waals surface area contributed by atoms with Gasteiger partial charge >= 0.3 is 5.97 Å². The van der Waals surface area contributed by atoms with Gasteiger partial charge in [0.05, 0.1) is 5.56 Å². The maximum atomic E-state index is 11.8. The van der Waals surface area contributed by atoms with Crippen LogP contribution in [0.1, 0.15) is 26.3 Å². The minimum atomic E-state index is -0.536. The van der Waals surface area contributed by atoms with Crippen LogP contribution in [-0.4, -0.2) is 17.5 Å². The van der Waals surface area contributed by atoms with Crippen LogP contribution in [0.3, 0.4) is 0 Å². The molecule has 2 aromatic carbocycles. The maximum absolute atomic E-state index is 11.8. The van der Waals surface area contributed by atoms with Gasteiger partial charge in [0.1, 0.15) is 5.71 Å². The molecule has 0 saturated carbocycles. The van der Waals surface area contributed by atoms with Crippen LogP contribution < -0.4 is 0 Å².